The highest BCUT2D eigenvalue weighted by Crippen LogP contribution is 2.41. The maximum atomic E-state index is 10.3. The molecule has 0 saturated carbocycles. The number of hydrogen-bond donors (Lipinski definition) is 3. The zero-order valence-electron chi connectivity index (χ0n) is 28.1. The fourth-order valence-electron chi connectivity index (χ4n) is 5.85. The Hall–Kier alpha value is -3.16. The quantitative estimate of drug-likeness (QED) is 0.198. The van der Waals surface area contributed by atoms with Crippen LogP contribution in [0.5, 0.6) is 0 Å². The molecule has 3 atom stereocenters. The first-order valence-corrected chi connectivity index (χ1v) is 15.4. The van der Waals surface area contributed by atoms with E-state index in [1.54, 1.807) is 0 Å². The number of rotatable bonds is 8. The molecule has 2 aliphatic carbocycles. The summed E-state index contributed by atoms with van der Waals surface area (Å²) in [6.07, 6.45) is 25.0. The van der Waals surface area contributed by atoms with E-state index in [1.807, 2.05) is 44.2 Å². The summed E-state index contributed by atoms with van der Waals surface area (Å²) in [4.78, 5) is 0. The van der Waals surface area contributed by atoms with E-state index in [0.29, 0.717) is 12.8 Å². The lowest BCUT2D eigenvalue weighted by Crippen LogP contribution is -2.38. The van der Waals surface area contributed by atoms with Crippen LogP contribution in [0.2, 0.25) is 0 Å². The van der Waals surface area contributed by atoms with Crippen molar-refractivity contribution in [2.75, 3.05) is 0 Å². The number of hydrogen-bond acceptors (Lipinski definition) is 3. The fourth-order valence-corrected chi connectivity index (χ4v) is 5.85. The molecule has 3 N–H and O–H groups in total. The molecule has 3 heteroatoms. The Labute approximate surface area is 261 Å². The van der Waals surface area contributed by atoms with Crippen LogP contribution < -0.4 is 0 Å². The molecule has 43 heavy (non-hydrogen) atoms. The van der Waals surface area contributed by atoms with Gasteiger partial charge in [-0.25, -0.2) is 0 Å². The van der Waals surface area contributed by atoms with Gasteiger partial charge in [0.2, 0.25) is 0 Å². The van der Waals surface area contributed by atoms with Gasteiger partial charge < -0.3 is 15.3 Å². The standard InChI is InChI=1S/C40H54O3/c1-28(17-13-19-30(3)21-23-35-32(5)25-34(41)26-39(35,7)8)15-11-12-16-29(2)18-14-20-31(4)22-24-36-33(6)38(43)37(42)27-40(36,9)10/h11-20,22,24,34,37-38,41-43H,25-27H2,1-10H3. The summed E-state index contributed by atoms with van der Waals surface area (Å²) in [5.74, 6) is 6.66. The molecule has 0 spiro atoms. The van der Waals surface area contributed by atoms with Crippen LogP contribution in [0.25, 0.3) is 0 Å². The van der Waals surface area contributed by atoms with Crippen molar-refractivity contribution in [2.24, 2.45) is 10.8 Å². The molecule has 0 aromatic rings. The van der Waals surface area contributed by atoms with E-state index >= 15 is 0 Å². The van der Waals surface area contributed by atoms with Crippen LogP contribution in [0.4, 0.5) is 0 Å². The molecule has 0 aromatic heterocycles. The van der Waals surface area contributed by atoms with E-state index < -0.39 is 12.2 Å². The van der Waals surface area contributed by atoms with Crippen molar-refractivity contribution in [1.82, 2.24) is 0 Å². The Balaban J connectivity index is 1.94. The van der Waals surface area contributed by atoms with E-state index in [1.165, 1.54) is 5.57 Å². The van der Waals surface area contributed by atoms with E-state index in [2.05, 4.69) is 110 Å². The molecule has 2 aliphatic rings. The minimum atomic E-state index is -0.794. The van der Waals surface area contributed by atoms with Gasteiger partial charge in [-0.3, -0.25) is 0 Å². The Morgan fingerprint density at radius 2 is 1.26 bits per heavy atom. The summed E-state index contributed by atoms with van der Waals surface area (Å²) in [7, 11) is 0. The number of aliphatic hydroxyl groups excluding tert-OH is 3. The maximum absolute atomic E-state index is 10.3. The Morgan fingerprint density at radius 1 is 0.721 bits per heavy atom. The molecule has 0 aromatic carbocycles. The number of allylic oxidation sites excluding steroid dienone is 18. The van der Waals surface area contributed by atoms with Crippen molar-refractivity contribution in [3.05, 3.63) is 117 Å². The van der Waals surface area contributed by atoms with E-state index in [4.69, 9.17) is 0 Å². The first kappa shape index (κ1) is 36.0. The Morgan fingerprint density at radius 3 is 1.84 bits per heavy atom. The third-order valence-electron chi connectivity index (χ3n) is 8.22. The molecule has 3 nitrogen and oxygen atoms in total. The third kappa shape index (κ3) is 11.5. The van der Waals surface area contributed by atoms with Crippen molar-refractivity contribution in [3.8, 4) is 11.8 Å². The molecule has 0 amide bonds. The second-order valence-electron chi connectivity index (χ2n) is 13.6. The lowest BCUT2D eigenvalue weighted by atomic mass is 9.70. The second kappa shape index (κ2) is 16.1. The van der Waals surface area contributed by atoms with Gasteiger partial charge in [0.25, 0.3) is 0 Å². The van der Waals surface area contributed by atoms with E-state index in [0.717, 1.165) is 45.4 Å². The molecule has 0 fully saturated rings. The lowest BCUT2D eigenvalue weighted by Gasteiger charge is -2.38. The van der Waals surface area contributed by atoms with Crippen molar-refractivity contribution in [1.29, 1.82) is 0 Å². The van der Waals surface area contributed by atoms with Gasteiger partial charge in [0.1, 0.15) is 6.10 Å². The molecule has 3 unspecified atom stereocenters. The van der Waals surface area contributed by atoms with Gasteiger partial charge >= 0.3 is 0 Å². The van der Waals surface area contributed by atoms with Crippen molar-refractivity contribution in [2.45, 2.75) is 107 Å². The Kier molecular flexibility index (Phi) is 13.5. The average molecular weight is 583 g/mol. The predicted molar refractivity (Wildman–Crippen MR) is 184 cm³/mol. The molecule has 232 valence electrons. The third-order valence-corrected chi connectivity index (χ3v) is 8.22. The van der Waals surface area contributed by atoms with Gasteiger partial charge in [-0.15, -0.1) is 0 Å². The molecular formula is C40H54O3. The minimum Gasteiger partial charge on any atom is -0.393 e. The summed E-state index contributed by atoms with van der Waals surface area (Å²) < 4.78 is 0. The molecule has 0 saturated heterocycles. The lowest BCUT2D eigenvalue weighted by molar-refractivity contribution is 0.00686. The van der Waals surface area contributed by atoms with Crippen LogP contribution in [0.3, 0.4) is 0 Å². The van der Waals surface area contributed by atoms with Crippen molar-refractivity contribution < 1.29 is 15.3 Å². The van der Waals surface area contributed by atoms with Gasteiger partial charge in [-0.1, -0.05) is 135 Å². The van der Waals surface area contributed by atoms with Crippen LogP contribution >= 0.6 is 0 Å². The van der Waals surface area contributed by atoms with Crippen molar-refractivity contribution in [3.63, 3.8) is 0 Å². The van der Waals surface area contributed by atoms with Gasteiger partial charge in [-0.2, -0.15) is 0 Å². The number of aliphatic hydroxyl groups is 3. The van der Waals surface area contributed by atoms with Crippen LogP contribution in [-0.2, 0) is 0 Å². The fraction of sp³-hybridized carbons (Fsp3) is 0.450. The van der Waals surface area contributed by atoms with Crippen LogP contribution in [-0.4, -0.2) is 33.6 Å². The van der Waals surface area contributed by atoms with Crippen LogP contribution in [0.15, 0.2) is 117 Å². The maximum Gasteiger partial charge on any atom is 0.101 e. The molecule has 0 bridgehead atoms. The highest BCUT2D eigenvalue weighted by molar-refractivity contribution is 5.45. The second-order valence-corrected chi connectivity index (χ2v) is 13.6. The normalized spacial score (nSPS) is 25.9. The predicted octanol–water partition coefficient (Wildman–Crippen LogP) is 8.97. The molecule has 0 radical (unpaired) electrons. The summed E-state index contributed by atoms with van der Waals surface area (Å²) in [6.45, 7) is 20.8. The monoisotopic (exact) mass is 582 g/mol. The highest BCUT2D eigenvalue weighted by Gasteiger charge is 2.36. The SMILES string of the molecule is CC(C#CC1=C(C)CC(O)CC1(C)C)=CC=CC(C)=CC=CC=C(C)C=CC=C(C)C=CC1=C(C)C(O)C(O)CC1(C)C. The summed E-state index contributed by atoms with van der Waals surface area (Å²) in [5, 5.41) is 30.5. The summed E-state index contributed by atoms with van der Waals surface area (Å²) in [5.41, 5.74) is 8.45. The summed E-state index contributed by atoms with van der Waals surface area (Å²) in [6, 6.07) is 0. The molecule has 0 heterocycles. The molecule has 0 aliphatic heterocycles. The molecular weight excluding hydrogens is 528 g/mol. The minimum absolute atomic E-state index is 0.0893. The van der Waals surface area contributed by atoms with Gasteiger partial charge in [0.05, 0.1) is 12.2 Å². The first-order valence-electron chi connectivity index (χ1n) is 15.4. The smallest absolute Gasteiger partial charge is 0.101 e. The van der Waals surface area contributed by atoms with E-state index in [-0.39, 0.29) is 16.9 Å². The highest BCUT2D eigenvalue weighted by atomic mass is 16.3. The zero-order chi connectivity index (χ0) is 32.4. The van der Waals surface area contributed by atoms with Gasteiger partial charge in [-0.05, 0) is 82.9 Å². The zero-order valence-corrected chi connectivity index (χ0v) is 28.1. The Bertz CT molecular complexity index is 1380. The topological polar surface area (TPSA) is 60.7 Å². The van der Waals surface area contributed by atoms with Crippen LogP contribution in [0, 0.1) is 22.7 Å². The molecule has 2 rings (SSSR count). The largest absolute Gasteiger partial charge is 0.393 e. The summed E-state index contributed by atoms with van der Waals surface area (Å²) >= 11 is 0. The first-order chi connectivity index (χ1) is 20.0. The van der Waals surface area contributed by atoms with Crippen LogP contribution in [0.1, 0.15) is 88.5 Å². The van der Waals surface area contributed by atoms with Gasteiger partial charge in [0.15, 0.2) is 0 Å². The average Bonchev–Trinajstić information content (AvgIpc) is 2.88. The van der Waals surface area contributed by atoms with E-state index in [9.17, 15) is 15.3 Å². The van der Waals surface area contributed by atoms with Crippen molar-refractivity contribution >= 4 is 0 Å². The van der Waals surface area contributed by atoms with Gasteiger partial charge in [0, 0.05) is 11.0 Å².